The van der Waals surface area contributed by atoms with Gasteiger partial charge in [-0.3, -0.25) is 4.79 Å². The number of aromatic nitrogens is 1. The Morgan fingerprint density at radius 3 is 2.76 bits per heavy atom. The molecule has 1 aromatic rings. The molecule has 2 aliphatic rings. The maximum absolute atomic E-state index is 12.7. The predicted molar refractivity (Wildman–Crippen MR) is 84.6 cm³/mol. The largest absolute Gasteiger partial charge is 0.356 e. The molecule has 114 valence electrons. The van der Waals surface area contributed by atoms with Gasteiger partial charge in [0.2, 0.25) is 0 Å². The summed E-state index contributed by atoms with van der Waals surface area (Å²) < 4.78 is 0. The Labute approximate surface area is 126 Å². The monoisotopic (exact) mass is 287 g/mol. The van der Waals surface area contributed by atoms with Gasteiger partial charge in [-0.15, -0.1) is 0 Å². The van der Waals surface area contributed by atoms with Crippen LogP contribution in [0.15, 0.2) is 18.3 Å². The zero-order valence-corrected chi connectivity index (χ0v) is 12.8. The highest BCUT2D eigenvalue weighted by Crippen LogP contribution is 2.26. The first-order valence-corrected chi connectivity index (χ1v) is 8.26. The summed E-state index contributed by atoms with van der Waals surface area (Å²) in [5.41, 5.74) is 0.733. The molecule has 21 heavy (non-hydrogen) atoms. The van der Waals surface area contributed by atoms with Crippen molar-refractivity contribution in [1.29, 1.82) is 0 Å². The van der Waals surface area contributed by atoms with Crippen LogP contribution in [0.25, 0.3) is 0 Å². The predicted octanol–water partition coefficient (Wildman–Crippen LogP) is 2.99. The van der Waals surface area contributed by atoms with Crippen molar-refractivity contribution in [2.24, 2.45) is 5.92 Å². The normalized spacial score (nSPS) is 25.9. The van der Waals surface area contributed by atoms with Crippen molar-refractivity contribution >= 4 is 11.7 Å². The number of pyridine rings is 1. The molecular weight excluding hydrogens is 262 g/mol. The number of nitrogens with one attached hydrogen (secondary N) is 1. The highest BCUT2D eigenvalue weighted by Gasteiger charge is 2.26. The lowest BCUT2D eigenvalue weighted by atomic mass is 9.86. The van der Waals surface area contributed by atoms with Crippen molar-refractivity contribution < 1.29 is 4.79 Å². The third-order valence-electron chi connectivity index (χ3n) is 4.86. The van der Waals surface area contributed by atoms with Crippen molar-refractivity contribution in [2.75, 3.05) is 18.0 Å². The van der Waals surface area contributed by atoms with Gasteiger partial charge < -0.3 is 10.2 Å². The van der Waals surface area contributed by atoms with Crippen molar-refractivity contribution in [3.63, 3.8) is 0 Å². The molecule has 1 N–H and O–H groups in total. The Kier molecular flexibility index (Phi) is 4.42. The van der Waals surface area contributed by atoms with Gasteiger partial charge in [0.1, 0.15) is 5.82 Å². The smallest absolute Gasteiger partial charge is 0.255 e. The number of rotatable bonds is 3. The minimum atomic E-state index is 0.0451. The van der Waals surface area contributed by atoms with Gasteiger partial charge in [0.15, 0.2) is 0 Å². The summed E-state index contributed by atoms with van der Waals surface area (Å²) in [7, 11) is 0. The van der Waals surface area contributed by atoms with Crippen LogP contribution in [0.2, 0.25) is 0 Å². The number of amides is 1. The molecule has 1 aliphatic heterocycles. The van der Waals surface area contributed by atoms with E-state index in [9.17, 15) is 4.79 Å². The van der Waals surface area contributed by atoms with Crippen LogP contribution in [0.3, 0.4) is 0 Å². The molecule has 2 unspecified atom stereocenters. The molecule has 1 amide bonds. The Morgan fingerprint density at radius 2 is 2.00 bits per heavy atom. The van der Waals surface area contributed by atoms with Crippen LogP contribution in [0, 0.1) is 5.92 Å². The summed E-state index contributed by atoms with van der Waals surface area (Å²) in [4.78, 5) is 19.4. The van der Waals surface area contributed by atoms with Crippen LogP contribution in [0.5, 0.6) is 0 Å². The number of hydrogen-bond acceptors (Lipinski definition) is 3. The number of nitrogens with zero attached hydrogens (tertiary/aromatic N) is 2. The number of carbonyl (C=O) groups excluding carboxylic acids is 1. The van der Waals surface area contributed by atoms with Gasteiger partial charge in [0, 0.05) is 25.3 Å². The first kappa shape index (κ1) is 14.4. The van der Waals surface area contributed by atoms with Gasteiger partial charge in [-0.2, -0.15) is 0 Å². The molecule has 2 fully saturated rings. The SMILES string of the molecule is CC1CCCCC1NC(=O)c1cccnc1N1CCCC1. The molecule has 1 saturated carbocycles. The van der Waals surface area contributed by atoms with Crippen molar-refractivity contribution in [1.82, 2.24) is 10.3 Å². The zero-order valence-electron chi connectivity index (χ0n) is 12.8. The highest BCUT2D eigenvalue weighted by molar-refractivity contribution is 5.99. The van der Waals surface area contributed by atoms with Crippen molar-refractivity contribution in [2.45, 2.75) is 51.5 Å². The second-order valence-corrected chi connectivity index (χ2v) is 6.41. The van der Waals surface area contributed by atoms with E-state index in [0.717, 1.165) is 30.9 Å². The Morgan fingerprint density at radius 1 is 1.24 bits per heavy atom. The summed E-state index contributed by atoms with van der Waals surface area (Å²) in [5, 5.41) is 3.24. The second-order valence-electron chi connectivity index (χ2n) is 6.41. The van der Waals surface area contributed by atoms with Crippen LogP contribution in [0.1, 0.15) is 55.8 Å². The third kappa shape index (κ3) is 3.20. The van der Waals surface area contributed by atoms with E-state index in [2.05, 4.69) is 22.1 Å². The van der Waals surface area contributed by atoms with Crippen molar-refractivity contribution in [3.05, 3.63) is 23.9 Å². The first-order valence-electron chi connectivity index (χ1n) is 8.26. The maximum Gasteiger partial charge on any atom is 0.255 e. The molecule has 2 heterocycles. The van der Waals surface area contributed by atoms with E-state index in [-0.39, 0.29) is 5.91 Å². The number of anilines is 1. The van der Waals surface area contributed by atoms with Crippen LogP contribution >= 0.6 is 0 Å². The first-order chi connectivity index (χ1) is 10.3. The van der Waals surface area contributed by atoms with Gasteiger partial charge in [-0.05, 0) is 43.7 Å². The van der Waals surface area contributed by atoms with Crippen molar-refractivity contribution in [3.8, 4) is 0 Å². The van der Waals surface area contributed by atoms with E-state index in [1.807, 2.05) is 12.1 Å². The van der Waals surface area contributed by atoms with Crippen LogP contribution in [-0.4, -0.2) is 30.0 Å². The molecule has 1 aromatic heterocycles. The topological polar surface area (TPSA) is 45.2 Å². The summed E-state index contributed by atoms with van der Waals surface area (Å²) in [6.45, 7) is 4.27. The lowest BCUT2D eigenvalue weighted by molar-refractivity contribution is 0.0910. The average molecular weight is 287 g/mol. The van der Waals surface area contributed by atoms with E-state index >= 15 is 0 Å². The molecule has 1 aliphatic carbocycles. The average Bonchev–Trinajstić information content (AvgIpc) is 3.04. The minimum absolute atomic E-state index is 0.0451. The molecule has 4 heteroatoms. The van der Waals surface area contributed by atoms with E-state index in [4.69, 9.17) is 0 Å². The summed E-state index contributed by atoms with van der Waals surface area (Å²) in [6, 6.07) is 4.08. The van der Waals surface area contributed by atoms with Crippen LogP contribution in [0.4, 0.5) is 5.82 Å². The van der Waals surface area contributed by atoms with E-state index in [0.29, 0.717) is 12.0 Å². The Balaban J connectivity index is 1.74. The molecule has 0 spiro atoms. The second kappa shape index (κ2) is 6.46. The Bertz CT molecular complexity index is 497. The summed E-state index contributed by atoms with van der Waals surface area (Å²) in [6.07, 6.45) is 9.01. The fraction of sp³-hybridized carbons (Fsp3) is 0.647. The van der Waals surface area contributed by atoms with Gasteiger partial charge in [-0.25, -0.2) is 4.98 Å². The molecule has 0 bridgehead atoms. The summed E-state index contributed by atoms with van der Waals surface area (Å²) >= 11 is 0. The van der Waals surface area contributed by atoms with E-state index in [1.165, 1.54) is 32.1 Å². The zero-order chi connectivity index (χ0) is 14.7. The number of hydrogen-bond donors (Lipinski definition) is 1. The number of carbonyl (C=O) groups is 1. The van der Waals surface area contributed by atoms with Gasteiger partial charge in [0.05, 0.1) is 5.56 Å². The van der Waals surface area contributed by atoms with Gasteiger partial charge in [-0.1, -0.05) is 19.8 Å². The maximum atomic E-state index is 12.7. The molecular formula is C17H25N3O. The summed E-state index contributed by atoms with van der Waals surface area (Å²) in [5.74, 6) is 1.48. The van der Waals surface area contributed by atoms with E-state index in [1.54, 1.807) is 6.20 Å². The fourth-order valence-electron chi connectivity index (χ4n) is 3.53. The molecule has 2 atom stereocenters. The molecule has 3 rings (SSSR count). The lowest BCUT2D eigenvalue weighted by Gasteiger charge is -2.30. The highest BCUT2D eigenvalue weighted by atomic mass is 16.1. The molecule has 1 saturated heterocycles. The Hall–Kier alpha value is -1.58. The standard InChI is InChI=1S/C17H25N3O/c1-13-7-2-3-9-15(13)19-17(21)14-8-6-10-18-16(14)20-11-4-5-12-20/h6,8,10,13,15H,2-5,7,9,11-12H2,1H3,(H,19,21). The van der Waals surface area contributed by atoms with Gasteiger partial charge >= 0.3 is 0 Å². The van der Waals surface area contributed by atoms with E-state index < -0.39 is 0 Å². The minimum Gasteiger partial charge on any atom is -0.356 e. The molecule has 0 radical (unpaired) electrons. The molecule has 4 nitrogen and oxygen atoms in total. The van der Waals surface area contributed by atoms with Crippen LogP contribution < -0.4 is 10.2 Å². The fourth-order valence-corrected chi connectivity index (χ4v) is 3.53. The quantitative estimate of drug-likeness (QED) is 0.929. The van der Waals surface area contributed by atoms with Crippen LogP contribution in [-0.2, 0) is 0 Å². The third-order valence-corrected chi connectivity index (χ3v) is 4.86. The molecule has 0 aromatic carbocycles. The lowest BCUT2D eigenvalue weighted by Crippen LogP contribution is -2.41. The van der Waals surface area contributed by atoms with Gasteiger partial charge in [0.25, 0.3) is 5.91 Å².